The molecule has 0 aliphatic heterocycles. The summed E-state index contributed by atoms with van der Waals surface area (Å²) in [6.07, 6.45) is 0.196. The summed E-state index contributed by atoms with van der Waals surface area (Å²) in [5, 5.41) is 0. The SMILES string of the molecule is CCOC(=O)CC(N)c1ccc(OCC)cc1C(C)C. The van der Waals surface area contributed by atoms with Crippen LogP contribution in [0, 0.1) is 0 Å². The van der Waals surface area contributed by atoms with E-state index in [1.165, 1.54) is 0 Å². The van der Waals surface area contributed by atoms with Crippen molar-refractivity contribution in [2.45, 2.75) is 46.1 Å². The van der Waals surface area contributed by atoms with Crippen LogP contribution in [0.2, 0.25) is 0 Å². The molecule has 0 bridgehead atoms. The predicted octanol–water partition coefficient (Wildman–Crippen LogP) is 3.16. The Bertz CT molecular complexity index is 443. The van der Waals surface area contributed by atoms with Crippen molar-refractivity contribution < 1.29 is 14.3 Å². The first-order valence-corrected chi connectivity index (χ1v) is 7.17. The van der Waals surface area contributed by atoms with Gasteiger partial charge in [0.05, 0.1) is 19.6 Å². The van der Waals surface area contributed by atoms with Gasteiger partial charge in [-0.3, -0.25) is 4.79 Å². The van der Waals surface area contributed by atoms with Crippen LogP contribution in [-0.2, 0) is 9.53 Å². The van der Waals surface area contributed by atoms with Gasteiger partial charge in [-0.05, 0) is 43.0 Å². The van der Waals surface area contributed by atoms with Crippen molar-refractivity contribution in [1.29, 1.82) is 0 Å². The second-order valence-corrected chi connectivity index (χ2v) is 4.99. The molecule has 0 heterocycles. The monoisotopic (exact) mass is 279 g/mol. The van der Waals surface area contributed by atoms with Crippen molar-refractivity contribution in [3.8, 4) is 5.75 Å². The highest BCUT2D eigenvalue weighted by Gasteiger charge is 2.18. The zero-order chi connectivity index (χ0) is 15.1. The molecule has 1 atom stereocenters. The molecule has 0 spiro atoms. The maximum atomic E-state index is 11.6. The summed E-state index contributed by atoms with van der Waals surface area (Å²) in [4.78, 5) is 11.6. The van der Waals surface area contributed by atoms with Crippen molar-refractivity contribution in [3.05, 3.63) is 29.3 Å². The summed E-state index contributed by atoms with van der Waals surface area (Å²) in [5.74, 6) is 0.894. The highest BCUT2D eigenvalue weighted by molar-refractivity contribution is 5.70. The molecule has 0 saturated heterocycles. The quantitative estimate of drug-likeness (QED) is 0.779. The summed E-state index contributed by atoms with van der Waals surface area (Å²) < 4.78 is 10.5. The number of hydrogen-bond acceptors (Lipinski definition) is 4. The number of esters is 1. The molecule has 0 aromatic heterocycles. The molecule has 4 heteroatoms. The minimum atomic E-state index is -0.345. The summed E-state index contributed by atoms with van der Waals surface area (Å²) in [6, 6.07) is 5.51. The van der Waals surface area contributed by atoms with Crippen LogP contribution < -0.4 is 10.5 Å². The number of ether oxygens (including phenoxy) is 2. The van der Waals surface area contributed by atoms with Gasteiger partial charge in [0.25, 0.3) is 0 Å². The van der Waals surface area contributed by atoms with Crippen LogP contribution in [0.1, 0.15) is 57.2 Å². The fraction of sp³-hybridized carbons (Fsp3) is 0.562. The van der Waals surface area contributed by atoms with Gasteiger partial charge in [0.15, 0.2) is 0 Å². The number of benzene rings is 1. The van der Waals surface area contributed by atoms with Crippen LogP contribution in [-0.4, -0.2) is 19.2 Å². The van der Waals surface area contributed by atoms with Crippen molar-refractivity contribution in [2.24, 2.45) is 5.73 Å². The van der Waals surface area contributed by atoms with Crippen LogP contribution >= 0.6 is 0 Å². The van der Waals surface area contributed by atoms with Crippen LogP contribution in [0.5, 0.6) is 5.75 Å². The molecule has 0 fully saturated rings. The second kappa shape index (κ2) is 7.90. The predicted molar refractivity (Wildman–Crippen MR) is 79.9 cm³/mol. The van der Waals surface area contributed by atoms with Gasteiger partial charge in [-0.15, -0.1) is 0 Å². The van der Waals surface area contributed by atoms with Crippen molar-refractivity contribution in [1.82, 2.24) is 0 Å². The molecule has 2 N–H and O–H groups in total. The Labute approximate surface area is 121 Å². The van der Waals surface area contributed by atoms with Crippen LogP contribution in [0.4, 0.5) is 0 Å². The third kappa shape index (κ3) is 4.53. The van der Waals surface area contributed by atoms with E-state index in [0.29, 0.717) is 19.1 Å². The van der Waals surface area contributed by atoms with E-state index in [1.807, 2.05) is 25.1 Å². The summed E-state index contributed by atoms with van der Waals surface area (Å²) in [6.45, 7) is 8.96. The molecule has 4 nitrogen and oxygen atoms in total. The lowest BCUT2D eigenvalue weighted by atomic mass is 9.91. The largest absolute Gasteiger partial charge is 0.494 e. The topological polar surface area (TPSA) is 61.5 Å². The van der Waals surface area contributed by atoms with Crippen molar-refractivity contribution >= 4 is 5.97 Å². The van der Waals surface area contributed by atoms with E-state index < -0.39 is 0 Å². The lowest BCUT2D eigenvalue weighted by Gasteiger charge is -2.19. The molecule has 1 unspecified atom stereocenters. The molecule has 1 aromatic carbocycles. The fourth-order valence-corrected chi connectivity index (χ4v) is 2.16. The highest BCUT2D eigenvalue weighted by atomic mass is 16.5. The molecule has 0 aliphatic carbocycles. The van der Waals surface area contributed by atoms with Gasteiger partial charge in [0, 0.05) is 6.04 Å². The number of carbonyl (C=O) groups excluding carboxylic acids is 1. The van der Waals surface area contributed by atoms with Gasteiger partial charge < -0.3 is 15.2 Å². The Kier molecular flexibility index (Phi) is 6.52. The summed E-state index contributed by atoms with van der Waals surface area (Å²) >= 11 is 0. The molecule has 1 rings (SSSR count). The number of rotatable bonds is 7. The van der Waals surface area contributed by atoms with Gasteiger partial charge >= 0.3 is 5.97 Å². The van der Waals surface area contributed by atoms with E-state index in [9.17, 15) is 4.79 Å². The van der Waals surface area contributed by atoms with Crippen LogP contribution in [0.15, 0.2) is 18.2 Å². The lowest BCUT2D eigenvalue weighted by molar-refractivity contribution is -0.143. The van der Waals surface area contributed by atoms with Crippen LogP contribution in [0.3, 0.4) is 0 Å². The average Bonchev–Trinajstić information content (AvgIpc) is 2.39. The van der Waals surface area contributed by atoms with Gasteiger partial charge in [0.2, 0.25) is 0 Å². The third-order valence-corrected chi connectivity index (χ3v) is 3.08. The lowest BCUT2D eigenvalue weighted by Crippen LogP contribution is -2.19. The highest BCUT2D eigenvalue weighted by Crippen LogP contribution is 2.29. The molecule has 112 valence electrons. The van der Waals surface area contributed by atoms with E-state index in [-0.39, 0.29) is 18.4 Å². The standard InChI is InChI=1S/C16H25NO3/c1-5-19-12-7-8-13(14(9-12)11(3)4)15(17)10-16(18)20-6-2/h7-9,11,15H,5-6,10,17H2,1-4H3. The molecular weight excluding hydrogens is 254 g/mol. The first-order valence-electron chi connectivity index (χ1n) is 7.17. The molecule has 1 aromatic rings. The van der Waals surface area contributed by atoms with Crippen molar-refractivity contribution in [3.63, 3.8) is 0 Å². The number of nitrogens with two attached hydrogens (primary N) is 1. The molecule has 0 radical (unpaired) electrons. The third-order valence-electron chi connectivity index (χ3n) is 3.08. The van der Waals surface area contributed by atoms with E-state index in [4.69, 9.17) is 15.2 Å². The van der Waals surface area contributed by atoms with Gasteiger partial charge in [0.1, 0.15) is 5.75 Å². The summed E-state index contributed by atoms with van der Waals surface area (Å²) in [5.41, 5.74) is 8.25. The first kappa shape index (κ1) is 16.5. The molecule has 0 saturated carbocycles. The first-order chi connectivity index (χ1) is 9.49. The average molecular weight is 279 g/mol. The summed E-state index contributed by atoms with van der Waals surface area (Å²) in [7, 11) is 0. The fourth-order valence-electron chi connectivity index (χ4n) is 2.16. The minimum Gasteiger partial charge on any atom is -0.494 e. The zero-order valence-electron chi connectivity index (χ0n) is 12.8. The normalized spacial score (nSPS) is 12.3. The van der Waals surface area contributed by atoms with Crippen molar-refractivity contribution in [2.75, 3.05) is 13.2 Å². The van der Waals surface area contributed by atoms with E-state index >= 15 is 0 Å². The van der Waals surface area contributed by atoms with E-state index in [2.05, 4.69) is 13.8 Å². The van der Waals surface area contributed by atoms with Gasteiger partial charge in [-0.25, -0.2) is 0 Å². The Balaban J connectivity index is 2.95. The molecule has 20 heavy (non-hydrogen) atoms. The molecule has 0 amide bonds. The Morgan fingerprint density at radius 1 is 1.20 bits per heavy atom. The number of hydrogen-bond donors (Lipinski definition) is 1. The van der Waals surface area contributed by atoms with Crippen LogP contribution in [0.25, 0.3) is 0 Å². The van der Waals surface area contributed by atoms with Gasteiger partial charge in [-0.2, -0.15) is 0 Å². The number of carbonyl (C=O) groups is 1. The second-order valence-electron chi connectivity index (χ2n) is 4.99. The maximum absolute atomic E-state index is 11.6. The van der Waals surface area contributed by atoms with Gasteiger partial charge in [-0.1, -0.05) is 19.9 Å². The Hall–Kier alpha value is -1.55. The minimum absolute atomic E-state index is 0.196. The Morgan fingerprint density at radius 2 is 1.90 bits per heavy atom. The Morgan fingerprint density at radius 3 is 2.45 bits per heavy atom. The van der Waals surface area contributed by atoms with E-state index in [1.54, 1.807) is 6.92 Å². The molecule has 0 aliphatic rings. The maximum Gasteiger partial charge on any atom is 0.307 e. The van der Waals surface area contributed by atoms with E-state index in [0.717, 1.165) is 16.9 Å². The molecular formula is C16H25NO3. The zero-order valence-corrected chi connectivity index (χ0v) is 12.8. The smallest absolute Gasteiger partial charge is 0.307 e.